The summed E-state index contributed by atoms with van der Waals surface area (Å²) in [5, 5.41) is 0.215. The van der Waals surface area contributed by atoms with E-state index in [2.05, 4.69) is 0 Å². The molecular weight excluding hydrogens is 488 g/mol. The summed E-state index contributed by atoms with van der Waals surface area (Å²) in [7, 11) is -4.14. The van der Waals surface area contributed by atoms with Crippen molar-refractivity contribution in [1.29, 1.82) is 0 Å². The van der Waals surface area contributed by atoms with Gasteiger partial charge in [0.2, 0.25) is 0 Å². The quantitative estimate of drug-likeness (QED) is 0.286. The summed E-state index contributed by atoms with van der Waals surface area (Å²) in [6.07, 6.45) is 0. The first-order valence-corrected chi connectivity index (χ1v) is 9.76. The molecule has 2 aromatic carbocycles. The Bertz CT molecular complexity index is 877. The number of rotatable bonds is 5. The lowest BCUT2D eigenvalue weighted by atomic mass is 10.3. The first kappa shape index (κ1) is 19.3. The average molecular weight is 500 g/mol. The van der Waals surface area contributed by atoms with Crippen LogP contribution in [0.25, 0.3) is 0 Å². The van der Waals surface area contributed by atoms with Gasteiger partial charge in [0.15, 0.2) is 0 Å². The predicted octanol–water partition coefficient (Wildman–Crippen LogP) is 2.78. The number of hydrogen-bond donors (Lipinski definition) is 2. The zero-order valence-electron chi connectivity index (χ0n) is 12.0. The highest BCUT2D eigenvalue weighted by atomic mass is 127. The molecule has 0 saturated carbocycles. The number of hydrazine groups is 1. The summed E-state index contributed by atoms with van der Waals surface area (Å²) in [6.45, 7) is -0.498. The third-order valence-electron chi connectivity index (χ3n) is 3.03. The van der Waals surface area contributed by atoms with E-state index in [4.69, 9.17) is 29.0 Å². The lowest BCUT2D eigenvalue weighted by molar-refractivity contribution is -0.119. The largest absolute Gasteiger partial charge is 0.293 e. The number of nitrogens with zero attached hydrogens (tertiary/aromatic N) is 1. The van der Waals surface area contributed by atoms with E-state index < -0.39 is 22.5 Å². The van der Waals surface area contributed by atoms with Crippen LogP contribution >= 0.6 is 45.8 Å². The van der Waals surface area contributed by atoms with E-state index in [1.54, 1.807) is 24.3 Å². The van der Waals surface area contributed by atoms with Crippen molar-refractivity contribution in [3.05, 3.63) is 56.1 Å². The van der Waals surface area contributed by atoms with E-state index in [9.17, 15) is 13.2 Å². The van der Waals surface area contributed by atoms with Gasteiger partial charge in [-0.1, -0.05) is 35.3 Å². The number of nitrogens with one attached hydrogen (secondary N) is 1. The van der Waals surface area contributed by atoms with Crippen LogP contribution < -0.4 is 15.6 Å². The molecular formula is C14H12Cl2IN3O3S. The molecule has 0 fully saturated rings. The van der Waals surface area contributed by atoms with Gasteiger partial charge >= 0.3 is 0 Å². The molecule has 24 heavy (non-hydrogen) atoms. The Morgan fingerprint density at radius 1 is 1.21 bits per heavy atom. The number of halogens is 3. The lowest BCUT2D eigenvalue weighted by Crippen LogP contribution is -2.43. The summed E-state index contributed by atoms with van der Waals surface area (Å²) < 4.78 is 27.7. The molecule has 2 aromatic rings. The first-order valence-electron chi connectivity index (χ1n) is 6.49. The van der Waals surface area contributed by atoms with Gasteiger partial charge in [-0.25, -0.2) is 14.3 Å². The minimum absolute atomic E-state index is 0.00324. The second-order valence-corrected chi connectivity index (χ2v) is 8.44. The molecule has 0 bridgehead atoms. The van der Waals surface area contributed by atoms with Crippen LogP contribution in [0.2, 0.25) is 10.0 Å². The van der Waals surface area contributed by atoms with Gasteiger partial charge in [0.1, 0.15) is 11.4 Å². The SMILES string of the molecule is NNC(=O)CN(c1ccccc1I)S(=O)(=O)c1cc(Cl)ccc1Cl. The van der Waals surface area contributed by atoms with Crippen LogP contribution in [0.5, 0.6) is 0 Å². The van der Waals surface area contributed by atoms with Crippen LogP contribution in [0, 0.1) is 3.57 Å². The predicted molar refractivity (Wildman–Crippen MR) is 102 cm³/mol. The summed E-state index contributed by atoms with van der Waals surface area (Å²) in [5.74, 6) is 4.43. The Morgan fingerprint density at radius 3 is 2.50 bits per heavy atom. The molecule has 0 aliphatic heterocycles. The highest BCUT2D eigenvalue weighted by molar-refractivity contribution is 14.1. The number of nitrogens with two attached hydrogens (primary N) is 1. The summed E-state index contributed by atoms with van der Waals surface area (Å²) in [4.78, 5) is 11.5. The molecule has 6 nitrogen and oxygen atoms in total. The number of para-hydroxylation sites is 1. The number of amides is 1. The molecule has 3 N–H and O–H groups in total. The van der Waals surface area contributed by atoms with Gasteiger partial charge < -0.3 is 0 Å². The van der Waals surface area contributed by atoms with Crippen molar-refractivity contribution in [2.45, 2.75) is 4.90 Å². The number of benzene rings is 2. The van der Waals surface area contributed by atoms with Crippen molar-refractivity contribution in [2.24, 2.45) is 5.84 Å². The maximum absolute atomic E-state index is 13.1. The average Bonchev–Trinajstić information content (AvgIpc) is 2.55. The minimum Gasteiger partial charge on any atom is -0.293 e. The van der Waals surface area contributed by atoms with E-state index in [0.717, 1.165) is 4.31 Å². The Hall–Kier alpha value is -1.07. The highest BCUT2D eigenvalue weighted by Crippen LogP contribution is 2.32. The van der Waals surface area contributed by atoms with Crippen molar-refractivity contribution in [3.8, 4) is 0 Å². The lowest BCUT2D eigenvalue weighted by Gasteiger charge is -2.25. The van der Waals surface area contributed by atoms with E-state index in [0.29, 0.717) is 9.26 Å². The van der Waals surface area contributed by atoms with Gasteiger partial charge in [-0.2, -0.15) is 0 Å². The number of sulfonamides is 1. The van der Waals surface area contributed by atoms with E-state index in [-0.39, 0.29) is 14.9 Å². The first-order chi connectivity index (χ1) is 11.3. The Kier molecular flexibility index (Phi) is 6.32. The molecule has 0 radical (unpaired) electrons. The van der Waals surface area contributed by atoms with Gasteiger partial charge in [0.25, 0.3) is 15.9 Å². The van der Waals surface area contributed by atoms with Crippen LogP contribution in [0.4, 0.5) is 5.69 Å². The molecule has 0 heterocycles. The molecule has 0 aliphatic rings. The third kappa shape index (κ3) is 4.12. The van der Waals surface area contributed by atoms with Crippen molar-refractivity contribution in [1.82, 2.24) is 5.43 Å². The standard InChI is InChI=1S/C14H12Cl2IN3O3S/c15-9-5-6-10(16)13(7-9)24(22,23)20(8-14(21)19-18)12-4-2-1-3-11(12)17/h1-7H,8,18H2,(H,19,21). The van der Waals surface area contributed by atoms with Crippen LogP contribution in [0.15, 0.2) is 47.4 Å². The minimum atomic E-state index is -4.14. The van der Waals surface area contributed by atoms with E-state index in [1.165, 1.54) is 18.2 Å². The highest BCUT2D eigenvalue weighted by Gasteiger charge is 2.30. The number of anilines is 1. The van der Waals surface area contributed by atoms with Crippen LogP contribution in [-0.2, 0) is 14.8 Å². The molecule has 0 atom stereocenters. The number of carbonyl (C=O) groups is 1. The molecule has 0 aliphatic carbocycles. The van der Waals surface area contributed by atoms with Gasteiger partial charge in [0, 0.05) is 8.59 Å². The molecule has 128 valence electrons. The van der Waals surface area contributed by atoms with Crippen molar-refractivity contribution < 1.29 is 13.2 Å². The summed E-state index contributed by atoms with van der Waals surface area (Å²) >= 11 is 13.9. The fraction of sp³-hybridized carbons (Fsp3) is 0.0714. The molecule has 0 spiro atoms. The van der Waals surface area contributed by atoms with Gasteiger partial charge in [0.05, 0.1) is 10.7 Å². The number of carbonyl (C=O) groups excluding carboxylic acids is 1. The number of hydrogen-bond acceptors (Lipinski definition) is 4. The summed E-state index contributed by atoms with van der Waals surface area (Å²) in [6, 6.07) is 10.8. The molecule has 0 unspecified atom stereocenters. The Morgan fingerprint density at radius 2 is 1.88 bits per heavy atom. The second-order valence-electron chi connectivity index (χ2n) is 4.61. The summed E-state index contributed by atoms with van der Waals surface area (Å²) in [5.41, 5.74) is 2.26. The normalized spacial score (nSPS) is 11.2. The van der Waals surface area contributed by atoms with Gasteiger partial charge in [-0.05, 0) is 52.9 Å². The maximum Gasteiger partial charge on any atom is 0.266 e. The van der Waals surface area contributed by atoms with Gasteiger partial charge in [-0.3, -0.25) is 14.5 Å². The molecule has 10 heteroatoms. The van der Waals surface area contributed by atoms with Crippen LogP contribution in [0.3, 0.4) is 0 Å². The van der Waals surface area contributed by atoms with Crippen molar-refractivity contribution in [2.75, 3.05) is 10.8 Å². The maximum atomic E-state index is 13.1. The fourth-order valence-electron chi connectivity index (χ4n) is 1.92. The molecule has 1 amide bonds. The fourth-order valence-corrected chi connectivity index (χ4v) is 4.95. The van der Waals surface area contributed by atoms with Gasteiger partial charge in [-0.15, -0.1) is 0 Å². The van der Waals surface area contributed by atoms with E-state index in [1.807, 2.05) is 28.0 Å². The zero-order chi connectivity index (χ0) is 17.9. The van der Waals surface area contributed by atoms with Crippen molar-refractivity contribution in [3.63, 3.8) is 0 Å². The van der Waals surface area contributed by atoms with Crippen molar-refractivity contribution >= 4 is 67.4 Å². The second kappa shape index (κ2) is 7.87. The van der Waals surface area contributed by atoms with Crippen LogP contribution in [-0.4, -0.2) is 20.9 Å². The van der Waals surface area contributed by atoms with E-state index >= 15 is 0 Å². The molecule has 2 rings (SSSR count). The molecule has 0 aromatic heterocycles. The monoisotopic (exact) mass is 499 g/mol. The smallest absolute Gasteiger partial charge is 0.266 e. The Balaban J connectivity index is 2.64. The third-order valence-corrected chi connectivity index (χ3v) is 6.42. The van der Waals surface area contributed by atoms with Crippen LogP contribution in [0.1, 0.15) is 0 Å². The Labute approximate surface area is 163 Å². The molecule has 0 saturated heterocycles. The zero-order valence-corrected chi connectivity index (χ0v) is 16.5. The topological polar surface area (TPSA) is 92.5 Å².